The highest BCUT2D eigenvalue weighted by Crippen LogP contribution is 2.26. The minimum atomic E-state index is -2.95. The van der Waals surface area contributed by atoms with Crippen molar-refractivity contribution in [2.24, 2.45) is 0 Å². The number of hydrogen-bond acceptors (Lipinski definition) is 4. The third-order valence-corrected chi connectivity index (χ3v) is 3.35. The van der Waals surface area contributed by atoms with Crippen LogP contribution >= 0.6 is 0 Å². The number of hydrogen-bond donors (Lipinski definition) is 1. The van der Waals surface area contributed by atoms with Gasteiger partial charge in [0.05, 0.1) is 18.1 Å². The Labute approximate surface area is 89.8 Å². The van der Waals surface area contributed by atoms with Gasteiger partial charge < -0.3 is 9.52 Å². The Morgan fingerprint density at radius 3 is 2.67 bits per heavy atom. The molecule has 1 atom stereocenters. The molecule has 0 aromatic carbocycles. The maximum absolute atomic E-state index is 10.9. The number of furan rings is 1. The minimum Gasteiger partial charge on any atom is -0.472 e. The largest absolute Gasteiger partial charge is 0.472 e. The highest BCUT2D eigenvalue weighted by molar-refractivity contribution is 7.90. The van der Waals surface area contributed by atoms with E-state index < -0.39 is 15.4 Å². The van der Waals surface area contributed by atoms with Gasteiger partial charge in [-0.2, -0.15) is 0 Å². The maximum atomic E-state index is 10.9. The quantitative estimate of drug-likeness (QED) is 0.831. The smallest absolute Gasteiger partial charge is 0.147 e. The first-order valence-corrected chi connectivity index (χ1v) is 6.80. The first kappa shape index (κ1) is 12.3. The standard InChI is InChI=1S/C10H16O4S/c1-10(11,9-4-6-14-8-9)5-3-7-15(2,12)13/h4,6,8,11H,3,5,7H2,1-2H3. The van der Waals surface area contributed by atoms with Crippen molar-refractivity contribution in [3.05, 3.63) is 24.2 Å². The molecule has 1 unspecified atom stereocenters. The summed E-state index contributed by atoms with van der Waals surface area (Å²) in [5.41, 5.74) is -0.339. The molecule has 86 valence electrons. The summed E-state index contributed by atoms with van der Waals surface area (Å²) in [4.78, 5) is 0. The minimum absolute atomic E-state index is 0.0982. The molecule has 0 radical (unpaired) electrons. The van der Waals surface area contributed by atoms with E-state index in [1.807, 2.05) is 0 Å². The van der Waals surface area contributed by atoms with Crippen molar-refractivity contribution in [2.45, 2.75) is 25.4 Å². The van der Waals surface area contributed by atoms with Gasteiger partial charge in [0.15, 0.2) is 0 Å². The second-order valence-corrected chi connectivity index (χ2v) is 6.28. The van der Waals surface area contributed by atoms with Gasteiger partial charge in [-0.15, -0.1) is 0 Å². The first-order chi connectivity index (χ1) is 6.81. The van der Waals surface area contributed by atoms with E-state index in [-0.39, 0.29) is 5.75 Å². The average molecular weight is 232 g/mol. The fraction of sp³-hybridized carbons (Fsp3) is 0.600. The van der Waals surface area contributed by atoms with Crippen LogP contribution in [0.3, 0.4) is 0 Å². The molecule has 1 heterocycles. The molecular formula is C10H16O4S. The van der Waals surface area contributed by atoms with E-state index in [4.69, 9.17) is 4.42 Å². The monoisotopic (exact) mass is 232 g/mol. The lowest BCUT2D eigenvalue weighted by Crippen LogP contribution is -2.21. The second kappa shape index (κ2) is 4.37. The van der Waals surface area contributed by atoms with Gasteiger partial charge in [-0.25, -0.2) is 8.42 Å². The summed E-state index contributed by atoms with van der Waals surface area (Å²) in [6.07, 6.45) is 5.00. The summed E-state index contributed by atoms with van der Waals surface area (Å²) < 4.78 is 26.7. The Hall–Kier alpha value is -0.810. The lowest BCUT2D eigenvalue weighted by atomic mass is 9.94. The molecule has 0 aliphatic heterocycles. The highest BCUT2D eigenvalue weighted by atomic mass is 32.2. The predicted octanol–water partition coefficient (Wildman–Crippen LogP) is 1.31. The summed E-state index contributed by atoms with van der Waals surface area (Å²) in [6.45, 7) is 1.65. The third kappa shape index (κ3) is 4.05. The molecule has 0 spiro atoms. The van der Waals surface area contributed by atoms with Gasteiger partial charge in [-0.3, -0.25) is 0 Å². The molecule has 4 nitrogen and oxygen atoms in total. The van der Waals surface area contributed by atoms with Crippen molar-refractivity contribution < 1.29 is 17.9 Å². The molecule has 1 N–H and O–H groups in total. The Morgan fingerprint density at radius 1 is 1.53 bits per heavy atom. The van der Waals surface area contributed by atoms with E-state index in [1.54, 1.807) is 13.0 Å². The van der Waals surface area contributed by atoms with Crippen molar-refractivity contribution in [1.29, 1.82) is 0 Å². The zero-order valence-electron chi connectivity index (χ0n) is 8.93. The molecule has 1 aromatic rings. The zero-order valence-corrected chi connectivity index (χ0v) is 9.75. The maximum Gasteiger partial charge on any atom is 0.147 e. The van der Waals surface area contributed by atoms with E-state index in [2.05, 4.69) is 0 Å². The number of sulfone groups is 1. The summed E-state index contributed by atoms with van der Waals surface area (Å²) in [5.74, 6) is 0.0982. The van der Waals surface area contributed by atoms with E-state index in [9.17, 15) is 13.5 Å². The highest BCUT2D eigenvalue weighted by Gasteiger charge is 2.24. The Kier molecular flexibility index (Phi) is 3.57. The van der Waals surface area contributed by atoms with Crippen LogP contribution in [0, 0.1) is 0 Å². The van der Waals surface area contributed by atoms with Crippen LogP contribution in [0.1, 0.15) is 25.3 Å². The van der Waals surface area contributed by atoms with Crippen LogP contribution in [0.4, 0.5) is 0 Å². The van der Waals surface area contributed by atoms with Gasteiger partial charge in [0.25, 0.3) is 0 Å². The normalized spacial score (nSPS) is 16.2. The lowest BCUT2D eigenvalue weighted by molar-refractivity contribution is 0.0466. The summed E-state index contributed by atoms with van der Waals surface area (Å²) >= 11 is 0. The Bertz CT molecular complexity index is 389. The predicted molar refractivity (Wildman–Crippen MR) is 57.2 cm³/mol. The van der Waals surface area contributed by atoms with Crippen LogP contribution in [0.15, 0.2) is 23.0 Å². The fourth-order valence-electron chi connectivity index (χ4n) is 1.39. The fourth-order valence-corrected chi connectivity index (χ4v) is 2.06. The molecule has 0 saturated heterocycles. The summed E-state index contributed by atoms with van der Waals surface area (Å²) in [5, 5.41) is 10.0. The van der Waals surface area contributed by atoms with Crippen LogP contribution in [0.2, 0.25) is 0 Å². The molecule has 1 aromatic heterocycles. The number of rotatable bonds is 5. The molecule has 0 fully saturated rings. The molecule has 1 rings (SSSR count). The SMILES string of the molecule is CC(O)(CCCS(C)(=O)=O)c1ccoc1. The van der Waals surface area contributed by atoms with E-state index in [0.29, 0.717) is 18.4 Å². The number of aliphatic hydroxyl groups is 1. The van der Waals surface area contributed by atoms with Crippen molar-refractivity contribution >= 4 is 9.84 Å². The van der Waals surface area contributed by atoms with Crippen molar-refractivity contribution in [3.8, 4) is 0 Å². The topological polar surface area (TPSA) is 67.5 Å². The van der Waals surface area contributed by atoms with Gasteiger partial charge in [-0.1, -0.05) is 0 Å². The molecular weight excluding hydrogens is 216 g/mol. The van der Waals surface area contributed by atoms with Crippen molar-refractivity contribution in [1.82, 2.24) is 0 Å². The Balaban J connectivity index is 2.51. The lowest BCUT2D eigenvalue weighted by Gasteiger charge is -2.21. The average Bonchev–Trinajstić information content (AvgIpc) is 2.52. The third-order valence-electron chi connectivity index (χ3n) is 2.32. The molecule has 0 saturated carbocycles. The van der Waals surface area contributed by atoms with Gasteiger partial charge in [0.1, 0.15) is 9.84 Å². The zero-order chi connectivity index (χ0) is 11.5. The van der Waals surface area contributed by atoms with E-state index >= 15 is 0 Å². The van der Waals surface area contributed by atoms with Gasteiger partial charge >= 0.3 is 0 Å². The second-order valence-electron chi connectivity index (χ2n) is 4.02. The molecule has 0 bridgehead atoms. The summed E-state index contributed by atoms with van der Waals surface area (Å²) in [7, 11) is -2.95. The van der Waals surface area contributed by atoms with Crippen molar-refractivity contribution in [2.75, 3.05) is 12.0 Å². The van der Waals surface area contributed by atoms with Gasteiger partial charge in [0, 0.05) is 17.6 Å². The molecule has 0 aliphatic carbocycles. The van der Waals surface area contributed by atoms with Gasteiger partial charge in [-0.05, 0) is 25.8 Å². The van der Waals surface area contributed by atoms with Crippen LogP contribution in [-0.4, -0.2) is 25.5 Å². The van der Waals surface area contributed by atoms with Crippen molar-refractivity contribution in [3.63, 3.8) is 0 Å². The van der Waals surface area contributed by atoms with Gasteiger partial charge in [0.2, 0.25) is 0 Å². The molecule has 0 aliphatic rings. The van der Waals surface area contributed by atoms with E-state index in [1.165, 1.54) is 18.8 Å². The molecule has 15 heavy (non-hydrogen) atoms. The first-order valence-electron chi connectivity index (χ1n) is 4.74. The van der Waals surface area contributed by atoms with E-state index in [0.717, 1.165) is 0 Å². The Morgan fingerprint density at radius 2 is 2.20 bits per heavy atom. The molecule has 0 amide bonds. The summed E-state index contributed by atoms with van der Waals surface area (Å²) in [6, 6.07) is 1.68. The van der Waals surface area contributed by atoms with Crippen LogP contribution in [-0.2, 0) is 15.4 Å². The molecule has 5 heteroatoms. The van der Waals surface area contributed by atoms with Crippen LogP contribution < -0.4 is 0 Å². The van der Waals surface area contributed by atoms with Crippen LogP contribution in [0.5, 0.6) is 0 Å². The van der Waals surface area contributed by atoms with Crippen LogP contribution in [0.25, 0.3) is 0 Å².